The summed E-state index contributed by atoms with van der Waals surface area (Å²) in [7, 11) is 0. The van der Waals surface area contributed by atoms with E-state index in [4.69, 9.17) is 9.98 Å². The number of aliphatic imine (C=N–C) groups is 2. The number of hydrogen-bond acceptors (Lipinski definition) is 3. The van der Waals surface area contributed by atoms with Gasteiger partial charge < -0.3 is 10.3 Å². The minimum Gasteiger partial charge on any atom is -0.375 e. The van der Waals surface area contributed by atoms with Crippen LogP contribution in [0.5, 0.6) is 0 Å². The molecule has 5 heterocycles. The molecule has 1 aromatic heterocycles. The van der Waals surface area contributed by atoms with Gasteiger partial charge in [0.05, 0.1) is 28.4 Å². The molecule has 2 unspecified atom stereocenters. The summed E-state index contributed by atoms with van der Waals surface area (Å²) >= 11 is 0. The Labute approximate surface area is 175 Å². The number of nitrogens with zero attached hydrogens (tertiary/aromatic N) is 2. The van der Waals surface area contributed by atoms with Crippen LogP contribution in [-0.2, 0) is 0 Å². The predicted molar refractivity (Wildman–Crippen MR) is 123 cm³/mol. The fourth-order valence-corrected chi connectivity index (χ4v) is 4.88. The zero-order valence-corrected chi connectivity index (χ0v) is 16.8. The number of nitrogens with one attached hydrogen (secondary N) is 2. The van der Waals surface area contributed by atoms with Crippen molar-refractivity contribution < 1.29 is 0 Å². The van der Waals surface area contributed by atoms with Crippen LogP contribution in [0, 0.1) is 5.92 Å². The Kier molecular flexibility index (Phi) is 3.98. The number of hydrogen-bond donors (Lipinski definition) is 2. The number of allylic oxidation sites excluding steroid dienone is 6. The maximum absolute atomic E-state index is 4.89. The van der Waals surface area contributed by atoms with Crippen molar-refractivity contribution in [2.24, 2.45) is 15.9 Å². The molecular formula is C26H24N4. The fourth-order valence-electron chi connectivity index (χ4n) is 4.88. The van der Waals surface area contributed by atoms with Gasteiger partial charge in [0.15, 0.2) is 0 Å². The van der Waals surface area contributed by atoms with Gasteiger partial charge in [-0.1, -0.05) is 18.2 Å². The van der Waals surface area contributed by atoms with Crippen molar-refractivity contribution >= 4 is 23.6 Å². The van der Waals surface area contributed by atoms with Gasteiger partial charge >= 0.3 is 0 Å². The minimum atomic E-state index is -0.139. The molecule has 0 fully saturated rings. The van der Waals surface area contributed by atoms with Crippen LogP contribution in [-0.4, -0.2) is 21.9 Å². The third-order valence-corrected chi connectivity index (χ3v) is 6.37. The van der Waals surface area contributed by atoms with Crippen LogP contribution >= 0.6 is 0 Å². The van der Waals surface area contributed by atoms with Crippen LogP contribution < -0.4 is 16.0 Å². The largest absolute Gasteiger partial charge is 0.375 e. The zero-order valence-electron chi connectivity index (χ0n) is 16.8. The highest BCUT2D eigenvalue weighted by Gasteiger charge is 2.39. The van der Waals surface area contributed by atoms with E-state index in [0.717, 1.165) is 45.6 Å². The Hall–Kier alpha value is -3.40. The predicted octanol–water partition coefficient (Wildman–Crippen LogP) is 3.35. The first-order valence-corrected chi connectivity index (χ1v) is 10.8. The number of H-pyrrole nitrogens is 1. The number of aromatic nitrogens is 1. The van der Waals surface area contributed by atoms with Crippen LogP contribution in [0.4, 0.5) is 0 Å². The van der Waals surface area contributed by atoms with Gasteiger partial charge in [0.2, 0.25) is 0 Å². The molecule has 148 valence electrons. The van der Waals surface area contributed by atoms with E-state index in [1.165, 1.54) is 19.3 Å². The highest BCUT2D eigenvalue weighted by Crippen LogP contribution is 2.38. The van der Waals surface area contributed by atoms with Crippen molar-refractivity contribution in [3.05, 3.63) is 94.6 Å². The summed E-state index contributed by atoms with van der Waals surface area (Å²) < 4.78 is 0. The van der Waals surface area contributed by atoms with Gasteiger partial charge in [-0.3, -0.25) is 0 Å². The van der Waals surface area contributed by atoms with Crippen molar-refractivity contribution in [3.8, 4) is 0 Å². The number of aromatic amines is 1. The van der Waals surface area contributed by atoms with Crippen LogP contribution in [0.1, 0.15) is 25.7 Å². The first-order chi connectivity index (χ1) is 14.7. The topological polar surface area (TPSA) is 52.5 Å². The lowest BCUT2D eigenvalue weighted by atomic mass is 9.76. The molecule has 2 N–H and O–H groups in total. The Morgan fingerprint density at radius 3 is 2.43 bits per heavy atom. The molecule has 1 aliphatic carbocycles. The molecule has 0 radical (unpaired) electrons. The lowest BCUT2D eigenvalue weighted by Crippen LogP contribution is -2.45. The molecular weight excluding hydrogens is 368 g/mol. The Morgan fingerprint density at radius 2 is 1.67 bits per heavy atom. The Balaban J connectivity index is 1.50. The molecule has 2 atom stereocenters. The molecule has 0 amide bonds. The van der Waals surface area contributed by atoms with Crippen molar-refractivity contribution in [1.82, 2.24) is 10.3 Å². The van der Waals surface area contributed by atoms with E-state index in [2.05, 4.69) is 89.3 Å². The molecule has 6 rings (SSSR count). The number of rotatable bonds is 1. The van der Waals surface area contributed by atoms with E-state index in [9.17, 15) is 0 Å². The summed E-state index contributed by atoms with van der Waals surface area (Å²) in [6.07, 6.45) is 28.6. The van der Waals surface area contributed by atoms with Gasteiger partial charge in [-0.25, -0.2) is 9.98 Å². The van der Waals surface area contributed by atoms with Crippen LogP contribution in [0.15, 0.2) is 93.9 Å². The summed E-state index contributed by atoms with van der Waals surface area (Å²) in [5.41, 5.74) is 4.95. The fraction of sp³-hybridized carbons (Fsp3) is 0.231. The first kappa shape index (κ1) is 17.5. The highest BCUT2D eigenvalue weighted by atomic mass is 15.0. The van der Waals surface area contributed by atoms with Gasteiger partial charge in [0, 0.05) is 22.3 Å². The normalized spacial score (nSPS) is 28.7. The molecule has 0 aromatic carbocycles. The summed E-state index contributed by atoms with van der Waals surface area (Å²) in [5, 5.41) is 5.93. The van der Waals surface area contributed by atoms with E-state index >= 15 is 0 Å². The summed E-state index contributed by atoms with van der Waals surface area (Å²) in [6.45, 7) is 0. The van der Waals surface area contributed by atoms with E-state index in [0.29, 0.717) is 5.92 Å². The third kappa shape index (κ3) is 3.18. The lowest BCUT2D eigenvalue weighted by molar-refractivity contribution is 0.327. The SMILES string of the molecule is C1=CC(C23C=C4C=CC(=N4)C=c4ccc([nH]4)=CC4=NC(=CC(=CC2)N3)C=C4)CCC1. The molecule has 30 heavy (non-hydrogen) atoms. The maximum atomic E-state index is 4.89. The summed E-state index contributed by atoms with van der Waals surface area (Å²) in [4.78, 5) is 13.1. The van der Waals surface area contributed by atoms with Gasteiger partial charge in [-0.2, -0.15) is 0 Å². The van der Waals surface area contributed by atoms with E-state index in [1.54, 1.807) is 0 Å². The van der Waals surface area contributed by atoms with Crippen molar-refractivity contribution in [1.29, 1.82) is 0 Å². The van der Waals surface area contributed by atoms with E-state index in [1.807, 2.05) is 0 Å². The average molecular weight is 393 g/mol. The van der Waals surface area contributed by atoms with Gasteiger partial charge in [0.1, 0.15) is 0 Å². The second-order valence-corrected chi connectivity index (χ2v) is 8.53. The first-order valence-electron chi connectivity index (χ1n) is 10.8. The van der Waals surface area contributed by atoms with Gasteiger partial charge in [-0.15, -0.1) is 0 Å². The van der Waals surface area contributed by atoms with Crippen molar-refractivity contribution in [2.75, 3.05) is 0 Å². The molecule has 4 heteroatoms. The molecule has 0 saturated heterocycles. The standard InChI is InChI=1S/C26H24N4/c1-2-4-18(5-3-1)26-13-12-24(30-26)16-23-9-8-20(28-23)14-19-6-7-21(27-19)15-22-10-11-25(17-26)29-22/h2,4,6-12,14-18,27,30H,1,3,5,13H2. The molecule has 1 aromatic rings. The highest BCUT2D eigenvalue weighted by molar-refractivity contribution is 6.20. The van der Waals surface area contributed by atoms with Crippen LogP contribution in [0.25, 0.3) is 12.2 Å². The molecule has 0 saturated carbocycles. The monoisotopic (exact) mass is 392 g/mol. The molecule has 8 bridgehead atoms. The third-order valence-electron chi connectivity index (χ3n) is 6.37. The minimum absolute atomic E-state index is 0.139. The van der Waals surface area contributed by atoms with E-state index < -0.39 is 0 Å². The molecule has 4 nitrogen and oxygen atoms in total. The molecule has 0 spiro atoms. The zero-order chi connectivity index (χ0) is 20.0. The Morgan fingerprint density at radius 1 is 0.900 bits per heavy atom. The molecule has 4 aliphatic heterocycles. The quantitative estimate of drug-likeness (QED) is 0.708. The smallest absolute Gasteiger partial charge is 0.0677 e. The van der Waals surface area contributed by atoms with Gasteiger partial charge in [-0.05, 0) is 86.4 Å². The summed E-state index contributed by atoms with van der Waals surface area (Å²) in [6, 6.07) is 4.16. The van der Waals surface area contributed by atoms with Crippen molar-refractivity contribution in [2.45, 2.75) is 31.2 Å². The van der Waals surface area contributed by atoms with E-state index in [-0.39, 0.29) is 5.54 Å². The second-order valence-electron chi connectivity index (χ2n) is 8.53. The van der Waals surface area contributed by atoms with Crippen LogP contribution in [0.3, 0.4) is 0 Å². The van der Waals surface area contributed by atoms with Crippen molar-refractivity contribution in [3.63, 3.8) is 0 Å². The Bertz CT molecular complexity index is 1270. The van der Waals surface area contributed by atoms with Crippen LogP contribution in [0.2, 0.25) is 0 Å². The average Bonchev–Trinajstić information content (AvgIpc) is 3.54. The molecule has 5 aliphatic rings. The maximum Gasteiger partial charge on any atom is 0.0677 e. The van der Waals surface area contributed by atoms with Gasteiger partial charge in [0.25, 0.3) is 0 Å². The summed E-state index contributed by atoms with van der Waals surface area (Å²) in [5.74, 6) is 0.457. The number of fused-ring (bicyclic) bond motifs is 6. The second kappa shape index (κ2) is 6.84. The lowest BCUT2D eigenvalue weighted by Gasteiger charge is -2.36.